The van der Waals surface area contributed by atoms with Gasteiger partial charge in [0.15, 0.2) is 0 Å². The van der Waals surface area contributed by atoms with Gasteiger partial charge in [0.25, 0.3) is 0 Å². The molecule has 0 aromatic rings. The Morgan fingerprint density at radius 3 is 1.50 bits per heavy atom. The first-order chi connectivity index (χ1) is 11.4. The van der Waals surface area contributed by atoms with Gasteiger partial charge in [-0.05, 0) is 12.8 Å². The summed E-state index contributed by atoms with van der Waals surface area (Å²) in [5.74, 6) is -0.439. The lowest BCUT2D eigenvalue weighted by Gasteiger charge is -2.36. The summed E-state index contributed by atoms with van der Waals surface area (Å²) in [4.78, 5) is 0. The van der Waals surface area contributed by atoms with Crippen LogP contribution in [-0.2, 0) is 10.1 Å². The minimum absolute atomic E-state index is 0.0306. The molecule has 0 bridgehead atoms. The van der Waals surface area contributed by atoms with Crippen molar-refractivity contribution in [3.8, 4) is 0 Å². The van der Waals surface area contributed by atoms with Crippen molar-refractivity contribution in [1.82, 2.24) is 0 Å². The van der Waals surface area contributed by atoms with Crippen LogP contribution in [0.5, 0.6) is 0 Å². The highest BCUT2D eigenvalue weighted by molar-refractivity contribution is 7.85. The molecular weight excluding hydrogens is 330 g/mol. The Morgan fingerprint density at radius 1 is 0.708 bits per heavy atom. The predicted molar refractivity (Wildman–Crippen MR) is 97.3 cm³/mol. The number of rotatable bonds is 17. The van der Waals surface area contributed by atoms with Crippen LogP contribution in [0.1, 0.15) is 71.1 Å². The molecule has 0 radical (unpaired) electrons. The minimum Gasteiger partial charge on any atom is -0.391 e. The van der Waals surface area contributed by atoms with Crippen molar-refractivity contribution in [1.29, 1.82) is 0 Å². The Labute approximate surface area is 148 Å². The zero-order valence-corrected chi connectivity index (χ0v) is 16.1. The third-order valence-corrected chi connectivity index (χ3v) is 5.45. The quantitative estimate of drug-likeness (QED) is 0.208. The van der Waals surface area contributed by atoms with Crippen molar-refractivity contribution in [2.45, 2.75) is 71.1 Å². The fourth-order valence-corrected chi connectivity index (χ4v) is 4.31. The first kappa shape index (κ1) is 23.8. The van der Waals surface area contributed by atoms with Gasteiger partial charge in [0.2, 0.25) is 5.88 Å². The van der Waals surface area contributed by atoms with Crippen molar-refractivity contribution in [2.75, 3.05) is 38.7 Å². The maximum atomic E-state index is 11.3. The summed E-state index contributed by atoms with van der Waals surface area (Å²) < 4.78 is 31.7. The van der Waals surface area contributed by atoms with Crippen LogP contribution in [0, 0.1) is 0 Å². The largest absolute Gasteiger partial charge is 0.391 e. The summed E-state index contributed by atoms with van der Waals surface area (Å²) in [6.07, 6.45) is 11.9. The summed E-state index contributed by atoms with van der Waals surface area (Å²) in [5, 5.41) is 18.4. The molecule has 0 saturated carbocycles. The summed E-state index contributed by atoms with van der Waals surface area (Å²) in [6.45, 7) is 2.92. The first-order valence-electron chi connectivity index (χ1n) is 9.41. The number of unbranched alkanes of at least 4 members (excludes halogenated alkanes) is 9. The molecule has 3 N–H and O–H groups in total. The van der Waals surface area contributed by atoms with Gasteiger partial charge < -0.3 is 14.7 Å². The van der Waals surface area contributed by atoms with Gasteiger partial charge in [-0.15, -0.1) is 0 Å². The second-order valence-electron chi connectivity index (χ2n) is 6.85. The normalized spacial score (nSPS) is 12.7. The molecule has 0 aromatic heterocycles. The topological polar surface area (TPSA) is 94.8 Å². The first-order valence-corrected chi connectivity index (χ1v) is 11.0. The zero-order valence-electron chi connectivity index (χ0n) is 15.3. The lowest BCUT2D eigenvalue weighted by Crippen LogP contribution is -2.54. The maximum Gasteiger partial charge on any atom is 0.316 e. The van der Waals surface area contributed by atoms with Crippen LogP contribution in [0.25, 0.3) is 0 Å². The minimum atomic E-state index is -4.14. The predicted octanol–water partition coefficient (Wildman–Crippen LogP) is 2.55. The molecule has 0 atom stereocenters. The number of aliphatic hydroxyl groups is 2. The van der Waals surface area contributed by atoms with E-state index in [0.717, 1.165) is 19.3 Å². The van der Waals surface area contributed by atoms with Crippen molar-refractivity contribution in [3.63, 3.8) is 0 Å². The van der Waals surface area contributed by atoms with E-state index in [4.69, 9.17) is 4.55 Å². The molecule has 0 unspecified atom stereocenters. The van der Waals surface area contributed by atoms with Crippen LogP contribution in [-0.4, -0.2) is 66.4 Å². The summed E-state index contributed by atoms with van der Waals surface area (Å²) in [5.41, 5.74) is 0. The standard InChI is InChI=1S/C17H37NO5S/c1-2-3-4-5-6-7-8-9-10-11-12-18(13-15-19,14-16-20)17-24(21,22)23/h19-20H,2-17H2,1H3/p+1. The van der Waals surface area contributed by atoms with Gasteiger partial charge in [0.05, 0.1) is 19.8 Å². The second-order valence-corrected chi connectivity index (χ2v) is 8.27. The van der Waals surface area contributed by atoms with E-state index in [0.29, 0.717) is 6.54 Å². The highest BCUT2D eigenvalue weighted by Crippen LogP contribution is 2.15. The lowest BCUT2D eigenvalue weighted by atomic mass is 10.1. The number of aliphatic hydroxyl groups excluding tert-OH is 2. The molecule has 0 spiro atoms. The third-order valence-electron chi connectivity index (χ3n) is 4.57. The van der Waals surface area contributed by atoms with Gasteiger partial charge in [-0.25, -0.2) is 0 Å². The van der Waals surface area contributed by atoms with Gasteiger partial charge >= 0.3 is 10.1 Å². The molecule has 0 heterocycles. The molecular formula is C17H38NO5S+. The molecule has 6 nitrogen and oxygen atoms in total. The van der Waals surface area contributed by atoms with Crippen molar-refractivity contribution < 1.29 is 27.7 Å². The average Bonchev–Trinajstić information content (AvgIpc) is 2.48. The molecule has 146 valence electrons. The Morgan fingerprint density at radius 2 is 1.12 bits per heavy atom. The average molecular weight is 369 g/mol. The number of hydrogen-bond acceptors (Lipinski definition) is 4. The maximum absolute atomic E-state index is 11.3. The van der Waals surface area contributed by atoms with Crippen LogP contribution >= 0.6 is 0 Å². The Balaban J connectivity index is 4.05. The lowest BCUT2D eigenvalue weighted by molar-refractivity contribution is -0.918. The van der Waals surface area contributed by atoms with E-state index in [1.54, 1.807) is 0 Å². The van der Waals surface area contributed by atoms with E-state index >= 15 is 0 Å². The van der Waals surface area contributed by atoms with Crippen LogP contribution in [0.4, 0.5) is 0 Å². The Bertz CT molecular complexity index is 380. The van der Waals surface area contributed by atoms with E-state index < -0.39 is 16.0 Å². The fraction of sp³-hybridized carbons (Fsp3) is 1.00. The van der Waals surface area contributed by atoms with E-state index in [-0.39, 0.29) is 30.8 Å². The van der Waals surface area contributed by atoms with E-state index in [1.165, 1.54) is 44.9 Å². The molecule has 0 aliphatic carbocycles. The van der Waals surface area contributed by atoms with Gasteiger partial charge in [-0.2, -0.15) is 8.42 Å². The summed E-state index contributed by atoms with van der Waals surface area (Å²) >= 11 is 0. The van der Waals surface area contributed by atoms with Gasteiger partial charge in [0.1, 0.15) is 13.1 Å². The Kier molecular flexibility index (Phi) is 13.9. The molecule has 0 saturated heterocycles. The molecule has 24 heavy (non-hydrogen) atoms. The van der Waals surface area contributed by atoms with Gasteiger partial charge in [0, 0.05) is 0 Å². The van der Waals surface area contributed by atoms with E-state index in [1.807, 2.05) is 0 Å². The molecule has 0 amide bonds. The molecule has 0 aliphatic rings. The molecule has 0 rings (SSSR count). The number of hydrogen-bond donors (Lipinski definition) is 3. The van der Waals surface area contributed by atoms with Crippen molar-refractivity contribution in [2.24, 2.45) is 0 Å². The molecule has 0 aliphatic heterocycles. The van der Waals surface area contributed by atoms with Crippen LogP contribution in [0.2, 0.25) is 0 Å². The van der Waals surface area contributed by atoms with Crippen molar-refractivity contribution in [3.05, 3.63) is 0 Å². The zero-order chi connectivity index (χ0) is 18.3. The number of quaternary nitrogens is 1. The number of nitrogens with zero attached hydrogens (tertiary/aromatic N) is 1. The molecule has 0 fully saturated rings. The smallest absolute Gasteiger partial charge is 0.316 e. The van der Waals surface area contributed by atoms with Crippen LogP contribution in [0.15, 0.2) is 0 Å². The second kappa shape index (κ2) is 14.0. The van der Waals surface area contributed by atoms with Crippen LogP contribution < -0.4 is 0 Å². The van der Waals surface area contributed by atoms with Crippen molar-refractivity contribution >= 4 is 10.1 Å². The third kappa shape index (κ3) is 13.1. The molecule has 7 heteroatoms. The van der Waals surface area contributed by atoms with Gasteiger partial charge in [-0.1, -0.05) is 58.3 Å². The highest BCUT2D eigenvalue weighted by atomic mass is 32.2. The Hall–Kier alpha value is -0.210. The molecule has 0 aromatic carbocycles. The highest BCUT2D eigenvalue weighted by Gasteiger charge is 2.31. The van der Waals surface area contributed by atoms with Crippen LogP contribution in [0.3, 0.4) is 0 Å². The SMILES string of the molecule is CCCCCCCCCCCC[N+](CCO)(CCO)CS(=O)(=O)O. The monoisotopic (exact) mass is 368 g/mol. The van der Waals surface area contributed by atoms with E-state index in [9.17, 15) is 18.6 Å². The van der Waals surface area contributed by atoms with Gasteiger partial charge in [-0.3, -0.25) is 4.55 Å². The summed E-state index contributed by atoms with van der Waals surface area (Å²) in [6, 6.07) is 0. The fourth-order valence-electron chi connectivity index (χ4n) is 3.23. The summed E-state index contributed by atoms with van der Waals surface area (Å²) in [7, 11) is -4.14. The van der Waals surface area contributed by atoms with E-state index in [2.05, 4.69) is 6.92 Å².